The number of piperidine rings is 1. The van der Waals surface area contributed by atoms with E-state index in [1.165, 1.54) is 4.88 Å². The second-order valence-corrected chi connectivity index (χ2v) is 7.39. The average molecular weight is 375 g/mol. The summed E-state index contributed by atoms with van der Waals surface area (Å²) in [5.41, 5.74) is 1.14. The highest BCUT2D eigenvalue weighted by molar-refractivity contribution is 7.10. The van der Waals surface area contributed by atoms with Gasteiger partial charge < -0.3 is 14.6 Å². The van der Waals surface area contributed by atoms with E-state index in [4.69, 9.17) is 9.47 Å². The van der Waals surface area contributed by atoms with Crippen molar-refractivity contribution in [2.45, 2.75) is 25.8 Å². The molecule has 1 aromatic carbocycles. The van der Waals surface area contributed by atoms with Gasteiger partial charge in [0.1, 0.15) is 0 Å². The van der Waals surface area contributed by atoms with E-state index in [-0.39, 0.29) is 12.0 Å². The molecule has 0 radical (unpaired) electrons. The first-order valence-corrected chi connectivity index (χ1v) is 9.83. The van der Waals surface area contributed by atoms with Crippen molar-refractivity contribution in [1.82, 2.24) is 4.90 Å². The molecule has 3 rings (SSSR count). The number of aliphatic carboxylic acids is 1. The molecule has 2 heterocycles. The number of methoxy groups -OCH3 is 1. The van der Waals surface area contributed by atoms with Gasteiger partial charge in [0, 0.05) is 4.88 Å². The van der Waals surface area contributed by atoms with Crippen LogP contribution in [0.4, 0.5) is 0 Å². The molecule has 5 nitrogen and oxygen atoms in total. The molecular formula is C20H25NO4S. The second kappa shape index (κ2) is 8.56. The van der Waals surface area contributed by atoms with Gasteiger partial charge in [0.15, 0.2) is 11.5 Å². The molecule has 1 saturated heterocycles. The van der Waals surface area contributed by atoms with Gasteiger partial charge in [-0.05, 0) is 62.0 Å². The number of nitrogens with zero attached hydrogens (tertiary/aromatic N) is 1. The molecule has 1 fully saturated rings. The van der Waals surface area contributed by atoms with Gasteiger partial charge in [0.2, 0.25) is 0 Å². The summed E-state index contributed by atoms with van der Waals surface area (Å²) in [7, 11) is 1.65. The van der Waals surface area contributed by atoms with Crippen molar-refractivity contribution in [3.63, 3.8) is 0 Å². The lowest BCUT2D eigenvalue weighted by Crippen LogP contribution is -2.39. The monoisotopic (exact) mass is 375 g/mol. The summed E-state index contributed by atoms with van der Waals surface area (Å²) in [4.78, 5) is 14.9. The fourth-order valence-electron chi connectivity index (χ4n) is 3.54. The van der Waals surface area contributed by atoms with Crippen molar-refractivity contribution >= 4 is 17.3 Å². The smallest absolute Gasteiger partial charge is 0.306 e. The van der Waals surface area contributed by atoms with Crippen molar-refractivity contribution < 1.29 is 19.4 Å². The molecular weight excluding hydrogens is 350 g/mol. The Bertz CT molecular complexity index is 723. The number of thiophene rings is 1. The van der Waals surface area contributed by atoms with E-state index in [1.807, 2.05) is 19.1 Å². The maximum atomic E-state index is 11.3. The lowest BCUT2D eigenvalue weighted by atomic mass is 9.93. The lowest BCUT2D eigenvalue weighted by molar-refractivity contribution is -0.143. The second-order valence-electron chi connectivity index (χ2n) is 6.41. The van der Waals surface area contributed by atoms with Crippen molar-refractivity contribution in [2.75, 3.05) is 26.8 Å². The fraction of sp³-hybridized carbons (Fsp3) is 0.450. The Labute approximate surface area is 158 Å². The number of likely N-dealkylation sites (tertiary alicyclic amines) is 1. The summed E-state index contributed by atoms with van der Waals surface area (Å²) >= 11 is 1.72. The Morgan fingerprint density at radius 3 is 2.65 bits per heavy atom. The first-order chi connectivity index (χ1) is 12.6. The average Bonchev–Trinajstić information content (AvgIpc) is 3.18. The van der Waals surface area contributed by atoms with E-state index in [2.05, 4.69) is 28.5 Å². The third-order valence-corrected chi connectivity index (χ3v) is 5.78. The van der Waals surface area contributed by atoms with Crippen molar-refractivity contribution in [2.24, 2.45) is 5.92 Å². The molecule has 26 heavy (non-hydrogen) atoms. The van der Waals surface area contributed by atoms with E-state index in [0.29, 0.717) is 19.4 Å². The van der Waals surface area contributed by atoms with Crippen LogP contribution in [0.15, 0.2) is 35.7 Å². The van der Waals surface area contributed by atoms with E-state index in [0.717, 1.165) is 30.2 Å². The molecule has 1 aromatic heterocycles. The number of carboxylic acid groups (broad SMARTS) is 1. The summed E-state index contributed by atoms with van der Waals surface area (Å²) in [5, 5.41) is 11.3. The minimum absolute atomic E-state index is 0.106. The zero-order valence-corrected chi connectivity index (χ0v) is 16.0. The van der Waals surface area contributed by atoms with Crippen LogP contribution in [0.3, 0.4) is 0 Å². The first-order valence-electron chi connectivity index (χ1n) is 8.95. The molecule has 0 bridgehead atoms. The van der Waals surface area contributed by atoms with Gasteiger partial charge in [-0.25, -0.2) is 0 Å². The molecule has 2 aromatic rings. The fourth-order valence-corrected chi connectivity index (χ4v) is 4.42. The third kappa shape index (κ3) is 4.02. The van der Waals surface area contributed by atoms with Gasteiger partial charge in [-0.2, -0.15) is 0 Å². The molecule has 1 atom stereocenters. The molecule has 6 heteroatoms. The van der Waals surface area contributed by atoms with E-state index in [1.54, 1.807) is 18.4 Å². The highest BCUT2D eigenvalue weighted by Gasteiger charge is 2.31. The van der Waals surface area contributed by atoms with Gasteiger partial charge in [0.05, 0.1) is 25.7 Å². The lowest BCUT2D eigenvalue weighted by Gasteiger charge is -2.36. The van der Waals surface area contributed by atoms with Crippen LogP contribution in [-0.2, 0) is 4.79 Å². The number of ether oxygens (including phenoxy) is 2. The number of carboxylic acids is 1. The van der Waals surface area contributed by atoms with Crippen LogP contribution in [0.1, 0.15) is 36.2 Å². The molecule has 0 aliphatic carbocycles. The normalized spacial score (nSPS) is 17.0. The number of rotatable bonds is 7. The quantitative estimate of drug-likeness (QED) is 0.791. The highest BCUT2D eigenvalue weighted by atomic mass is 32.1. The predicted octanol–water partition coefficient (Wildman–Crippen LogP) is 4.04. The van der Waals surface area contributed by atoms with Crippen LogP contribution in [0.25, 0.3) is 0 Å². The summed E-state index contributed by atoms with van der Waals surface area (Å²) in [6.07, 6.45) is 1.37. The zero-order chi connectivity index (χ0) is 18.5. The minimum Gasteiger partial charge on any atom is -0.493 e. The van der Waals surface area contributed by atoms with Gasteiger partial charge in [-0.1, -0.05) is 12.1 Å². The first kappa shape index (κ1) is 18.7. The molecule has 0 amide bonds. The summed E-state index contributed by atoms with van der Waals surface area (Å²) in [6, 6.07) is 10.4. The third-order valence-electron chi connectivity index (χ3n) is 4.86. The van der Waals surface area contributed by atoms with Gasteiger partial charge >= 0.3 is 5.97 Å². The van der Waals surface area contributed by atoms with Crippen LogP contribution in [0, 0.1) is 5.92 Å². The summed E-state index contributed by atoms with van der Waals surface area (Å²) in [5.74, 6) is 0.560. The van der Waals surface area contributed by atoms with Gasteiger partial charge in [-0.3, -0.25) is 9.69 Å². The Kier molecular flexibility index (Phi) is 6.16. The Hall–Kier alpha value is -2.05. The molecule has 140 valence electrons. The maximum absolute atomic E-state index is 11.3. The van der Waals surface area contributed by atoms with Crippen LogP contribution in [0.5, 0.6) is 11.5 Å². The van der Waals surface area contributed by atoms with Crippen molar-refractivity contribution in [1.29, 1.82) is 0 Å². The molecule has 0 spiro atoms. The highest BCUT2D eigenvalue weighted by Crippen LogP contribution is 2.38. The van der Waals surface area contributed by atoms with Crippen LogP contribution in [-0.4, -0.2) is 42.8 Å². The van der Waals surface area contributed by atoms with Crippen LogP contribution in [0.2, 0.25) is 0 Å². The predicted molar refractivity (Wildman–Crippen MR) is 102 cm³/mol. The van der Waals surface area contributed by atoms with Crippen molar-refractivity contribution in [3.8, 4) is 11.5 Å². The van der Waals surface area contributed by atoms with Crippen molar-refractivity contribution in [3.05, 3.63) is 46.2 Å². The SMILES string of the molecule is CCOc1ccc(C(c2cccs2)N2CCC(C(=O)O)CC2)cc1OC. The van der Waals surface area contributed by atoms with Gasteiger partial charge in [0.25, 0.3) is 0 Å². The summed E-state index contributed by atoms with van der Waals surface area (Å²) in [6.45, 7) is 4.09. The Morgan fingerprint density at radius 1 is 1.31 bits per heavy atom. The minimum atomic E-state index is -0.680. The molecule has 0 saturated carbocycles. The molecule has 1 N–H and O–H groups in total. The van der Waals surface area contributed by atoms with Gasteiger partial charge in [-0.15, -0.1) is 11.3 Å². The topological polar surface area (TPSA) is 59.0 Å². The number of benzene rings is 1. The van der Waals surface area contributed by atoms with E-state index < -0.39 is 5.97 Å². The van der Waals surface area contributed by atoms with E-state index >= 15 is 0 Å². The standard InChI is InChI=1S/C20H25NO4S/c1-3-25-16-7-6-15(13-17(16)24-2)19(18-5-4-12-26-18)21-10-8-14(9-11-21)20(22)23/h4-7,12-14,19H,3,8-11H2,1-2H3,(H,22,23). The zero-order valence-electron chi connectivity index (χ0n) is 15.2. The maximum Gasteiger partial charge on any atom is 0.306 e. The van der Waals surface area contributed by atoms with Crippen LogP contribution < -0.4 is 9.47 Å². The Morgan fingerprint density at radius 2 is 2.08 bits per heavy atom. The van der Waals surface area contributed by atoms with E-state index in [9.17, 15) is 9.90 Å². The number of hydrogen-bond donors (Lipinski definition) is 1. The molecule has 1 unspecified atom stereocenters. The largest absolute Gasteiger partial charge is 0.493 e. The number of hydrogen-bond acceptors (Lipinski definition) is 5. The molecule has 1 aliphatic heterocycles. The summed E-state index contributed by atoms with van der Waals surface area (Å²) < 4.78 is 11.2. The Balaban J connectivity index is 1.89. The molecule has 1 aliphatic rings. The number of carbonyl (C=O) groups is 1. The van der Waals surface area contributed by atoms with Crippen LogP contribution >= 0.6 is 11.3 Å².